The van der Waals surface area contributed by atoms with E-state index in [1.165, 1.54) is 39.2 Å². The summed E-state index contributed by atoms with van der Waals surface area (Å²) >= 11 is 0. The van der Waals surface area contributed by atoms with Crippen LogP contribution in [-0.2, 0) is 14.3 Å². The van der Waals surface area contributed by atoms with Crippen LogP contribution in [0.3, 0.4) is 0 Å². The normalized spacial score (nSPS) is 31.4. The number of rotatable bonds is 2. The molecule has 10 heteroatoms. The number of esters is 1. The van der Waals surface area contributed by atoms with Gasteiger partial charge in [-0.3, -0.25) is 9.59 Å². The number of ketones is 1. The van der Waals surface area contributed by atoms with E-state index in [-0.39, 0.29) is 6.42 Å². The van der Waals surface area contributed by atoms with Gasteiger partial charge in [0, 0.05) is 30.8 Å². The predicted molar refractivity (Wildman–Crippen MR) is 131 cm³/mol. The van der Waals surface area contributed by atoms with Crippen LogP contribution < -0.4 is 0 Å². The second kappa shape index (κ2) is 12.2. The number of aliphatic hydroxyl groups is 2. The zero-order chi connectivity index (χ0) is 28.1. The fourth-order valence-electron chi connectivity index (χ4n) is 4.17. The first-order chi connectivity index (χ1) is 17.0. The molecule has 0 saturated carbocycles. The van der Waals surface area contributed by atoms with Crippen LogP contribution in [0.4, 0.5) is 13.2 Å². The Morgan fingerprint density at radius 2 is 1.86 bits per heavy atom. The van der Waals surface area contributed by atoms with Crippen LogP contribution in [0.5, 0.6) is 0 Å². The highest BCUT2D eigenvalue weighted by molar-refractivity contribution is 5.88. The third kappa shape index (κ3) is 8.13. The van der Waals surface area contributed by atoms with E-state index in [0.717, 1.165) is 6.08 Å². The zero-order valence-corrected chi connectivity index (χ0v) is 22.0. The van der Waals surface area contributed by atoms with Crippen LogP contribution >= 0.6 is 0 Å². The molecule has 1 aromatic rings. The Morgan fingerprint density at radius 1 is 1.22 bits per heavy atom. The molecule has 0 spiro atoms. The molecule has 0 saturated heterocycles. The van der Waals surface area contributed by atoms with Crippen molar-refractivity contribution < 1.29 is 42.1 Å². The molecule has 0 aromatic carbocycles. The third-order valence-electron chi connectivity index (χ3n) is 6.81. The number of hydrogen-bond donors (Lipinski definition) is 2. The summed E-state index contributed by atoms with van der Waals surface area (Å²) in [6, 6.07) is 0. The van der Waals surface area contributed by atoms with E-state index in [1.54, 1.807) is 26.8 Å². The molecule has 0 aliphatic carbocycles. The van der Waals surface area contributed by atoms with Gasteiger partial charge in [0.1, 0.15) is 23.8 Å². The third-order valence-corrected chi connectivity index (χ3v) is 6.81. The quantitative estimate of drug-likeness (QED) is 0.406. The van der Waals surface area contributed by atoms with Crippen LogP contribution in [0.15, 0.2) is 40.1 Å². The molecule has 2 rings (SSSR count). The SMILES string of the molecule is C/C(=C\c1coc(C)n1)[C@@H]1C/C=C(/C(F)(F)F)C/C=C/[C@H](C)[C@H](O)[C@@H](C)C(=O)C(C)(C)C(O)CC(=O)O1. The minimum Gasteiger partial charge on any atom is -0.457 e. The van der Waals surface area contributed by atoms with E-state index in [0.29, 0.717) is 17.2 Å². The van der Waals surface area contributed by atoms with Crippen molar-refractivity contribution in [3.63, 3.8) is 0 Å². The Kier molecular flexibility index (Phi) is 10.1. The fourth-order valence-corrected chi connectivity index (χ4v) is 4.17. The van der Waals surface area contributed by atoms with Crippen LogP contribution in [0.25, 0.3) is 6.08 Å². The van der Waals surface area contributed by atoms with E-state index in [1.807, 2.05) is 0 Å². The number of carbonyl (C=O) groups excluding carboxylic acids is 2. The molecule has 2 N–H and O–H groups in total. The smallest absolute Gasteiger partial charge is 0.412 e. The van der Waals surface area contributed by atoms with Gasteiger partial charge in [0.25, 0.3) is 0 Å². The molecule has 2 heterocycles. The minimum atomic E-state index is -4.63. The van der Waals surface area contributed by atoms with Gasteiger partial charge in [-0.2, -0.15) is 13.2 Å². The molecular formula is C27H36F3NO6. The number of allylic oxidation sites excluding steroid dienone is 2. The van der Waals surface area contributed by atoms with Crippen molar-refractivity contribution in [2.75, 3.05) is 0 Å². The Morgan fingerprint density at radius 3 is 2.43 bits per heavy atom. The van der Waals surface area contributed by atoms with Crippen molar-refractivity contribution in [2.45, 2.75) is 85.3 Å². The molecular weight excluding hydrogens is 491 g/mol. The summed E-state index contributed by atoms with van der Waals surface area (Å²) in [5.74, 6) is -2.52. The lowest BCUT2D eigenvalue weighted by Gasteiger charge is -2.34. The summed E-state index contributed by atoms with van der Waals surface area (Å²) in [7, 11) is 0. The number of ether oxygens (including phenoxy) is 1. The number of Topliss-reactive ketones (excluding diaryl/α,β-unsaturated/α-hetero) is 1. The van der Waals surface area contributed by atoms with Gasteiger partial charge in [-0.05, 0) is 25.0 Å². The molecule has 7 nitrogen and oxygen atoms in total. The molecule has 1 aliphatic heterocycles. The lowest BCUT2D eigenvalue weighted by molar-refractivity contribution is -0.154. The Labute approximate surface area is 215 Å². The molecule has 0 fully saturated rings. The summed E-state index contributed by atoms with van der Waals surface area (Å²) in [5, 5.41) is 21.4. The fraction of sp³-hybridized carbons (Fsp3) is 0.593. The minimum absolute atomic E-state index is 0.277. The summed E-state index contributed by atoms with van der Waals surface area (Å²) < 4.78 is 51.9. The van der Waals surface area contributed by atoms with Crippen molar-refractivity contribution in [3.8, 4) is 0 Å². The number of halogens is 3. The summed E-state index contributed by atoms with van der Waals surface area (Å²) in [6.45, 7) is 9.28. The number of aromatic nitrogens is 1. The van der Waals surface area contributed by atoms with Crippen molar-refractivity contribution in [1.82, 2.24) is 4.98 Å². The van der Waals surface area contributed by atoms with Gasteiger partial charge in [0.15, 0.2) is 5.89 Å². The number of aliphatic hydroxyl groups excluding tert-OH is 2. The van der Waals surface area contributed by atoms with Crippen molar-refractivity contribution in [3.05, 3.63) is 47.2 Å². The zero-order valence-electron chi connectivity index (χ0n) is 22.0. The highest BCUT2D eigenvalue weighted by atomic mass is 19.4. The van der Waals surface area contributed by atoms with Gasteiger partial charge in [0.05, 0.1) is 24.0 Å². The van der Waals surface area contributed by atoms with Crippen LogP contribution in [0.1, 0.15) is 65.5 Å². The maximum atomic E-state index is 13.7. The van der Waals surface area contributed by atoms with Crippen LogP contribution in [0.2, 0.25) is 0 Å². The lowest BCUT2D eigenvalue weighted by Crippen LogP contribution is -2.45. The second-order valence-corrected chi connectivity index (χ2v) is 10.2. The molecule has 5 atom stereocenters. The van der Waals surface area contributed by atoms with Crippen LogP contribution in [0, 0.1) is 24.2 Å². The topological polar surface area (TPSA) is 110 Å². The maximum absolute atomic E-state index is 13.7. The number of aryl methyl sites for hydroxylation is 1. The number of nitrogens with zero attached hydrogens (tertiary/aromatic N) is 1. The number of alkyl halides is 3. The molecule has 1 aromatic heterocycles. The molecule has 1 aliphatic rings. The first-order valence-corrected chi connectivity index (χ1v) is 12.2. The van der Waals surface area contributed by atoms with E-state index in [2.05, 4.69) is 4.98 Å². The van der Waals surface area contributed by atoms with Gasteiger partial charge in [-0.25, -0.2) is 4.98 Å². The molecule has 206 valence electrons. The van der Waals surface area contributed by atoms with E-state index >= 15 is 0 Å². The van der Waals surface area contributed by atoms with Gasteiger partial charge < -0.3 is 19.4 Å². The van der Waals surface area contributed by atoms with Gasteiger partial charge in [-0.1, -0.05) is 45.9 Å². The largest absolute Gasteiger partial charge is 0.457 e. The molecule has 0 bridgehead atoms. The molecule has 0 amide bonds. The van der Waals surface area contributed by atoms with Crippen molar-refractivity contribution >= 4 is 17.8 Å². The Hall–Kier alpha value is -2.72. The number of cyclic esters (lactones) is 1. The molecule has 37 heavy (non-hydrogen) atoms. The van der Waals surface area contributed by atoms with Gasteiger partial charge in [0.2, 0.25) is 0 Å². The predicted octanol–water partition coefficient (Wildman–Crippen LogP) is 5.12. The Balaban J connectivity index is 2.50. The van der Waals surface area contributed by atoms with Crippen LogP contribution in [-0.4, -0.2) is 51.4 Å². The second-order valence-electron chi connectivity index (χ2n) is 10.2. The van der Waals surface area contributed by atoms with E-state index in [9.17, 15) is 33.0 Å². The highest BCUT2D eigenvalue weighted by Gasteiger charge is 2.42. The number of carbonyl (C=O) groups is 2. The van der Waals surface area contributed by atoms with E-state index in [4.69, 9.17) is 9.15 Å². The first kappa shape index (κ1) is 30.5. The summed E-state index contributed by atoms with van der Waals surface area (Å²) in [5.41, 5.74) is -1.39. The molecule has 0 radical (unpaired) electrons. The van der Waals surface area contributed by atoms with Crippen molar-refractivity contribution in [2.24, 2.45) is 17.3 Å². The monoisotopic (exact) mass is 527 g/mol. The first-order valence-electron chi connectivity index (χ1n) is 12.2. The van der Waals surface area contributed by atoms with Gasteiger partial charge >= 0.3 is 12.1 Å². The standard InChI is InChI=1S/C27H36F3NO6/c1-15-8-7-9-19(27(28,29)30)10-11-21(16(2)12-20-14-36-18(4)31-20)37-23(33)13-22(32)26(5,6)25(35)17(3)24(15)34/h7-8,10,12,14-15,17,21-22,24,32,34H,9,11,13H2,1-6H3/b8-7+,16-12+,19-10+/t15-,17+,21-,22?,24-/m0/s1. The Bertz CT molecular complexity index is 1050. The number of hydrogen-bond acceptors (Lipinski definition) is 7. The maximum Gasteiger partial charge on any atom is 0.412 e. The highest BCUT2D eigenvalue weighted by Crippen LogP contribution is 2.33. The van der Waals surface area contributed by atoms with Crippen molar-refractivity contribution in [1.29, 1.82) is 0 Å². The molecule has 1 unspecified atom stereocenters. The summed E-state index contributed by atoms with van der Waals surface area (Å²) in [6.07, 6.45) is -2.99. The van der Waals surface area contributed by atoms with E-state index < -0.39 is 71.9 Å². The van der Waals surface area contributed by atoms with Gasteiger partial charge in [-0.15, -0.1) is 0 Å². The summed E-state index contributed by atoms with van der Waals surface area (Å²) in [4.78, 5) is 30.0. The average molecular weight is 528 g/mol. The lowest BCUT2D eigenvalue weighted by atomic mass is 9.73. The average Bonchev–Trinajstić information content (AvgIpc) is 3.21. The number of oxazole rings is 1.